The predicted molar refractivity (Wildman–Crippen MR) is 81.1 cm³/mol. The Balaban J connectivity index is 1.98. The van der Waals surface area contributed by atoms with Crippen molar-refractivity contribution in [3.8, 4) is 0 Å². The zero-order chi connectivity index (χ0) is 15.0. The number of anilines is 1. The number of hydrogen-bond donors (Lipinski definition) is 1. The number of nitrogens with one attached hydrogen (secondary N) is 1. The van der Waals surface area contributed by atoms with Crippen LogP contribution in [0.5, 0.6) is 0 Å². The van der Waals surface area contributed by atoms with Crippen LogP contribution in [-0.4, -0.2) is 8.75 Å². The van der Waals surface area contributed by atoms with Crippen LogP contribution < -0.4 is 5.32 Å². The number of halogens is 4. The summed E-state index contributed by atoms with van der Waals surface area (Å²) in [4.78, 5) is 0. The summed E-state index contributed by atoms with van der Waals surface area (Å²) in [5.41, 5.74) is 1.36. The van der Waals surface area contributed by atoms with Crippen LogP contribution in [0, 0.1) is 11.6 Å². The van der Waals surface area contributed by atoms with Gasteiger partial charge in [-0.25, -0.2) is 8.78 Å². The van der Waals surface area contributed by atoms with E-state index in [4.69, 9.17) is 23.2 Å². The minimum Gasteiger partial charge on any atom is -0.378 e. The number of rotatable bonds is 3. The molecule has 0 aliphatic rings. The van der Waals surface area contributed by atoms with Gasteiger partial charge in [0.25, 0.3) is 0 Å². The highest BCUT2D eigenvalue weighted by molar-refractivity contribution is 7.00. The number of aromatic nitrogens is 2. The first-order chi connectivity index (χ1) is 10.1. The van der Waals surface area contributed by atoms with Crippen molar-refractivity contribution in [2.24, 2.45) is 0 Å². The Bertz CT molecular complexity index is 802. The molecular weight excluding hydrogens is 339 g/mol. The average Bonchev–Trinajstić information content (AvgIpc) is 2.91. The molecule has 0 saturated carbocycles. The lowest BCUT2D eigenvalue weighted by atomic mass is 10.2. The van der Waals surface area contributed by atoms with E-state index in [-0.39, 0.29) is 12.1 Å². The van der Waals surface area contributed by atoms with Crippen LogP contribution in [0.4, 0.5) is 14.5 Å². The van der Waals surface area contributed by atoms with Crippen LogP contribution in [0.2, 0.25) is 10.0 Å². The molecule has 0 atom stereocenters. The second-order valence-electron chi connectivity index (χ2n) is 4.23. The molecular formula is C13H7Cl2F2N3S. The number of nitrogens with zero attached hydrogens (tertiary/aromatic N) is 2. The summed E-state index contributed by atoms with van der Waals surface area (Å²) in [7, 11) is 0. The number of fused-ring (bicyclic) bond motifs is 1. The molecule has 3 nitrogen and oxygen atoms in total. The molecule has 1 heterocycles. The van der Waals surface area contributed by atoms with Gasteiger partial charge >= 0.3 is 0 Å². The molecule has 3 aromatic rings. The van der Waals surface area contributed by atoms with E-state index in [9.17, 15) is 8.78 Å². The van der Waals surface area contributed by atoms with Crippen molar-refractivity contribution in [1.82, 2.24) is 8.75 Å². The molecule has 8 heteroatoms. The maximum absolute atomic E-state index is 13.6. The van der Waals surface area contributed by atoms with Crippen LogP contribution in [0.1, 0.15) is 5.56 Å². The Morgan fingerprint density at radius 1 is 1.05 bits per heavy atom. The highest BCUT2D eigenvalue weighted by atomic mass is 35.5. The van der Waals surface area contributed by atoms with Gasteiger partial charge in [0.1, 0.15) is 22.7 Å². The van der Waals surface area contributed by atoms with Crippen molar-refractivity contribution >= 4 is 51.7 Å². The molecule has 2 aromatic carbocycles. The molecule has 108 valence electrons. The standard InChI is InChI=1S/C13H7Cl2F2N3S/c14-7-4-8(15)12-13(20-21-19-12)11(7)18-5-6-9(16)2-1-3-10(6)17/h1-4,18H,5H2. The third kappa shape index (κ3) is 2.66. The van der Waals surface area contributed by atoms with Crippen molar-refractivity contribution in [2.45, 2.75) is 6.54 Å². The van der Waals surface area contributed by atoms with Crippen LogP contribution in [0.3, 0.4) is 0 Å². The Morgan fingerprint density at radius 3 is 2.43 bits per heavy atom. The van der Waals surface area contributed by atoms with E-state index in [1.807, 2.05) is 0 Å². The van der Waals surface area contributed by atoms with Crippen molar-refractivity contribution < 1.29 is 8.78 Å². The monoisotopic (exact) mass is 345 g/mol. The van der Waals surface area contributed by atoms with Gasteiger partial charge < -0.3 is 5.32 Å². The summed E-state index contributed by atoms with van der Waals surface area (Å²) in [6, 6.07) is 5.23. The molecule has 0 aliphatic heterocycles. The van der Waals surface area contributed by atoms with E-state index in [0.29, 0.717) is 26.8 Å². The van der Waals surface area contributed by atoms with Gasteiger partial charge in [0, 0.05) is 12.1 Å². The molecule has 0 saturated heterocycles. The Kier molecular flexibility index (Phi) is 3.93. The van der Waals surface area contributed by atoms with Gasteiger partial charge in [0.15, 0.2) is 0 Å². The van der Waals surface area contributed by atoms with Crippen molar-refractivity contribution in [3.63, 3.8) is 0 Å². The minimum atomic E-state index is -0.625. The summed E-state index contributed by atoms with van der Waals surface area (Å²) in [6.45, 7) is -0.0630. The molecule has 0 amide bonds. The van der Waals surface area contributed by atoms with Crippen LogP contribution in [0.25, 0.3) is 11.0 Å². The summed E-state index contributed by atoms with van der Waals surface area (Å²) >= 11 is 13.1. The van der Waals surface area contributed by atoms with Crippen LogP contribution in [-0.2, 0) is 6.54 Å². The third-order valence-corrected chi connectivity index (χ3v) is 4.06. The summed E-state index contributed by atoms with van der Waals surface area (Å²) in [5, 5.41) is 3.60. The second kappa shape index (κ2) is 5.71. The second-order valence-corrected chi connectivity index (χ2v) is 5.57. The average molecular weight is 346 g/mol. The molecule has 1 N–H and O–H groups in total. The number of hydrogen-bond acceptors (Lipinski definition) is 4. The lowest BCUT2D eigenvalue weighted by molar-refractivity contribution is 0.560. The van der Waals surface area contributed by atoms with Crippen molar-refractivity contribution in [3.05, 3.63) is 51.5 Å². The van der Waals surface area contributed by atoms with Gasteiger partial charge in [-0.1, -0.05) is 29.3 Å². The Labute approximate surface area is 132 Å². The largest absolute Gasteiger partial charge is 0.378 e. The van der Waals surface area contributed by atoms with Gasteiger partial charge in [0.2, 0.25) is 0 Å². The quantitative estimate of drug-likeness (QED) is 0.734. The zero-order valence-electron chi connectivity index (χ0n) is 10.3. The van der Waals surface area contributed by atoms with Gasteiger partial charge in [-0.05, 0) is 18.2 Å². The summed E-state index contributed by atoms with van der Waals surface area (Å²) < 4.78 is 35.4. The van der Waals surface area contributed by atoms with Gasteiger partial charge in [-0.2, -0.15) is 8.75 Å². The fraction of sp³-hybridized carbons (Fsp3) is 0.0769. The fourth-order valence-corrected chi connectivity index (χ4v) is 3.10. The smallest absolute Gasteiger partial charge is 0.131 e. The first-order valence-electron chi connectivity index (χ1n) is 5.85. The van der Waals surface area contributed by atoms with E-state index in [1.165, 1.54) is 24.3 Å². The molecule has 0 bridgehead atoms. The van der Waals surface area contributed by atoms with E-state index in [1.54, 1.807) is 0 Å². The molecule has 0 unspecified atom stereocenters. The Hall–Kier alpha value is -1.50. The topological polar surface area (TPSA) is 37.8 Å². The number of benzene rings is 2. The van der Waals surface area contributed by atoms with E-state index < -0.39 is 11.6 Å². The van der Waals surface area contributed by atoms with Crippen molar-refractivity contribution in [2.75, 3.05) is 5.32 Å². The molecule has 0 radical (unpaired) electrons. The van der Waals surface area contributed by atoms with E-state index in [0.717, 1.165) is 11.7 Å². The lowest BCUT2D eigenvalue weighted by Crippen LogP contribution is -2.05. The molecule has 0 aliphatic carbocycles. The lowest BCUT2D eigenvalue weighted by Gasteiger charge is -2.11. The summed E-state index contributed by atoms with van der Waals surface area (Å²) in [6.07, 6.45) is 0. The fourth-order valence-electron chi connectivity index (χ4n) is 1.92. The summed E-state index contributed by atoms with van der Waals surface area (Å²) in [5.74, 6) is -1.25. The van der Waals surface area contributed by atoms with Gasteiger partial charge in [-0.3, -0.25) is 0 Å². The van der Waals surface area contributed by atoms with Crippen molar-refractivity contribution in [1.29, 1.82) is 0 Å². The van der Waals surface area contributed by atoms with E-state index >= 15 is 0 Å². The minimum absolute atomic E-state index is 0.0630. The Morgan fingerprint density at radius 2 is 1.71 bits per heavy atom. The van der Waals surface area contributed by atoms with E-state index in [2.05, 4.69) is 14.1 Å². The molecule has 21 heavy (non-hydrogen) atoms. The highest BCUT2D eigenvalue weighted by Crippen LogP contribution is 2.35. The molecule has 0 fully saturated rings. The normalized spacial score (nSPS) is 11.0. The maximum Gasteiger partial charge on any atom is 0.131 e. The predicted octanol–water partition coefficient (Wildman–Crippen LogP) is 4.89. The first-order valence-corrected chi connectivity index (χ1v) is 7.33. The first kappa shape index (κ1) is 14.4. The molecule has 1 aromatic heterocycles. The van der Waals surface area contributed by atoms with Gasteiger partial charge in [0.05, 0.1) is 27.5 Å². The SMILES string of the molecule is Fc1cccc(F)c1CNc1c(Cl)cc(Cl)c2nsnc12. The van der Waals surface area contributed by atoms with Crippen LogP contribution in [0.15, 0.2) is 24.3 Å². The van der Waals surface area contributed by atoms with Crippen LogP contribution >= 0.6 is 34.9 Å². The van der Waals surface area contributed by atoms with Gasteiger partial charge in [-0.15, -0.1) is 0 Å². The zero-order valence-corrected chi connectivity index (χ0v) is 12.7. The highest BCUT2D eigenvalue weighted by Gasteiger charge is 2.15. The third-order valence-electron chi connectivity index (χ3n) is 2.95. The maximum atomic E-state index is 13.6. The molecule has 3 rings (SSSR count). The molecule has 0 spiro atoms.